The highest BCUT2D eigenvalue weighted by molar-refractivity contribution is 5.17. The fourth-order valence-electron chi connectivity index (χ4n) is 1.56. The highest BCUT2D eigenvalue weighted by Crippen LogP contribution is 2.20. The molecule has 0 amide bonds. The average Bonchev–Trinajstić information content (AvgIpc) is 2.67. The molecule has 0 radical (unpaired) electrons. The molecule has 0 saturated carbocycles. The van der Waals surface area contributed by atoms with Crippen LogP contribution in [-0.4, -0.2) is 22.5 Å². The van der Waals surface area contributed by atoms with Gasteiger partial charge >= 0.3 is 0 Å². The molecule has 0 aromatic carbocycles. The van der Waals surface area contributed by atoms with Gasteiger partial charge in [-0.3, -0.25) is 20.5 Å². The second kappa shape index (κ2) is 3.69. The van der Waals surface area contributed by atoms with Crippen molar-refractivity contribution in [1.82, 2.24) is 15.8 Å². The Bertz CT molecular complexity index is 329. The molecular weight excluding hydrogens is 184 g/mol. The molecule has 1 aromatic heterocycles. The molecule has 1 saturated heterocycles. The van der Waals surface area contributed by atoms with E-state index in [-0.39, 0.29) is 11.0 Å². The Morgan fingerprint density at radius 2 is 2.21 bits per heavy atom. The fourth-order valence-corrected chi connectivity index (χ4v) is 1.56. The number of nitrogens with zero attached hydrogens (tertiary/aromatic N) is 2. The molecular formula is C8H10N4O2. The Kier molecular flexibility index (Phi) is 2.38. The predicted octanol–water partition coefficient (Wildman–Crippen LogP) is -0.124. The maximum atomic E-state index is 10.7. The third kappa shape index (κ3) is 1.57. The minimum atomic E-state index is -0.614. The number of nitrogens with one attached hydrogen (secondary N) is 2. The molecule has 2 rings (SSSR count). The summed E-state index contributed by atoms with van der Waals surface area (Å²) in [6.07, 6.45) is 3.26. The lowest BCUT2D eigenvalue weighted by molar-refractivity contribution is -0.520. The zero-order chi connectivity index (χ0) is 9.97. The van der Waals surface area contributed by atoms with E-state index in [1.807, 2.05) is 0 Å². The smallest absolute Gasteiger partial charge is 0.247 e. The summed E-state index contributed by atoms with van der Waals surface area (Å²) in [4.78, 5) is 14.3. The van der Waals surface area contributed by atoms with Crippen molar-refractivity contribution in [1.29, 1.82) is 0 Å². The standard InChI is InChI=1S/C8H10N4O2/c13-12(14)7-5-10-11-8(7)6-1-3-9-4-2-6/h1-4,7-8,10-11H,5H2. The van der Waals surface area contributed by atoms with Crippen molar-refractivity contribution < 1.29 is 4.92 Å². The van der Waals surface area contributed by atoms with Crippen LogP contribution >= 0.6 is 0 Å². The van der Waals surface area contributed by atoms with Gasteiger partial charge in [0, 0.05) is 17.3 Å². The van der Waals surface area contributed by atoms with Crippen molar-refractivity contribution in [2.75, 3.05) is 6.54 Å². The first-order valence-corrected chi connectivity index (χ1v) is 4.31. The molecule has 1 aromatic rings. The normalized spacial score (nSPS) is 26.3. The molecule has 6 heteroatoms. The first-order chi connectivity index (χ1) is 6.79. The summed E-state index contributed by atoms with van der Waals surface area (Å²) in [6.45, 7) is 0.347. The number of hydrogen-bond donors (Lipinski definition) is 2. The summed E-state index contributed by atoms with van der Waals surface area (Å²) in [5.74, 6) is 0. The number of rotatable bonds is 2. The van der Waals surface area contributed by atoms with Crippen LogP contribution in [0.3, 0.4) is 0 Å². The number of aromatic nitrogens is 1. The number of hydrazine groups is 1. The third-order valence-corrected chi connectivity index (χ3v) is 2.29. The topological polar surface area (TPSA) is 80.1 Å². The Morgan fingerprint density at radius 1 is 1.50 bits per heavy atom. The Hall–Kier alpha value is -1.53. The van der Waals surface area contributed by atoms with Crippen LogP contribution in [0.5, 0.6) is 0 Å². The summed E-state index contributed by atoms with van der Waals surface area (Å²) < 4.78 is 0. The van der Waals surface area contributed by atoms with Crippen molar-refractivity contribution in [2.45, 2.75) is 12.1 Å². The lowest BCUT2D eigenvalue weighted by Gasteiger charge is -2.11. The summed E-state index contributed by atoms with van der Waals surface area (Å²) in [5.41, 5.74) is 6.56. The van der Waals surface area contributed by atoms with Gasteiger partial charge in [-0.25, -0.2) is 5.43 Å². The molecule has 1 fully saturated rings. The zero-order valence-electron chi connectivity index (χ0n) is 7.38. The van der Waals surface area contributed by atoms with E-state index in [9.17, 15) is 10.1 Å². The van der Waals surface area contributed by atoms with E-state index in [0.717, 1.165) is 5.56 Å². The van der Waals surface area contributed by atoms with Crippen LogP contribution in [0.25, 0.3) is 0 Å². The lowest BCUT2D eigenvalue weighted by Crippen LogP contribution is -2.29. The van der Waals surface area contributed by atoms with E-state index < -0.39 is 6.04 Å². The molecule has 14 heavy (non-hydrogen) atoms. The maximum Gasteiger partial charge on any atom is 0.247 e. The molecule has 1 aliphatic heterocycles. The zero-order valence-corrected chi connectivity index (χ0v) is 7.38. The minimum absolute atomic E-state index is 0.266. The summed E-state index contributed by atoms with van der Waals surface area (Å²) >= 11 is 0. The van der Waals surface area contributed by atoms with E-state index in [4.69, 9.17) is 0 Å². The van der Waals surface area contributed by atoms with Crippen LogP contribution < -0.4 is 10.9 Å². The highest BCUT2D eigenvalue weighted by atomic mass is 16.6. The number of pyridine rings is 1. The maximum absolute atomic E-state index is 10.7. The van der Waals surface area contributed by atoms with Crippen LogP contribution in [0, 0.1) is 10.1 Å². The molecule has 0 spiro atoms. The Labute approximate surface area is 80.5 Å². The van der Waals surface area contributed by atoms with Crippen LogP contribution in [0.15, 0.2) is 24.5 Å². The lowest BCUT2D eigenvalue weighted by atomic mass is 10.0. The molecule has 2 unspecified atom stereocenters. The van der Waals surface area contributed by atoms with Crippen molar-refractivity contribution in [3.8, 4) is 0 Å². The molecule has 0 aliphatic carbocycles. The first kappa shape index (κ1) is 9.04. The van der Waals surface area contributed by atoms with Crippen LogP contribution in [0.2, 0.25) is 0 Å². The Morgan fingerprint density at radius 3 is 2.86 bits per heavy atom. The van der Waals surface area contributed by atoms with E-state index >= 15 is 0 Å². The van der Waals surface area contributed by atoms with Gasteiger partial charge in [0.2, 0.25) is 6.04 Å². The molecule has 6 nitrogen and oxygen atoms in total. The van der Waals surface area contributed by atoms with Crippen molar-refractivity contribution >= 4 is 0 Å². The van der Waals surface area contributed by atoms with E-state index in [2.05, 4.69) is 15.8 Å². The SMILES string of the molecule is O=[N+]([O-])C1CNNC1c1ccncc1. The minimum Gasteiger partial charge on any atom is -0.265 e. The fraction of sp³-hybridized carbons (Fsp3) is 0.375. The second-order valence-electron chi connectivity index (χ2n) is 3.14. The third-order valence-electron chi connectivity index (χ3n) is 2.29. The van der Waals surface area contributed by atoms with Crippen molar-refractivity contribution in [2.24, 2.45) is 0 Å². The summed E-state index contributed by atoms with van der Waals surface area (Å²) in [6, 6.07) is 2.67. The number of nitro groups is 1. The van der Waals surface area contributed by atoms with Gasteiger partial charge in [0.15, 0.2) is 0 Å². The van der Waals surface area contributed by atoms with Crippen LogP contribution in [-0.2, 0) is 0 Å². The highest BCUT2D eigenvalue weighted by Gasteiger charge is 2.37. The van der Waals surface area contributed by atoms with Gasteiger partial charge in [0.25, 0.3) is 0 Å². The average molecular weight is 194 g/mol. The molecule has 2 atom stereocenters. The largest absolute Gasteiger partial charge is 0.265 e. The molecule has 2 heterocycles. The first-order valence-electron chi connectivity index (χ1n) is 4.31. The van der Waals surface area contributed by atoms with Crippen LogP contribution in [0.4, 0.5) is 0 Å². The quantitative estimate of drug-likeness (QED) is 0.506. The van der Waals surface area contributed by atoms with E-state index in [0.29, 0.717) is 6.54 Å². The van der Waals surface area contributed by atoms with Gasteiger partial charge in [-0.15, -0.1) is 0 Å². The summed E-state index contributed by atoms with van der Waals surface area (Å²) in [7, 11) is 0. The van der Waals surface area contributed by atoms with Gasteiger partial charge in [-0.1, -0.05) is 0 Å². The monoisotopic (exact) mass is 194 g/mol. The van der Waals surface area contributed by atoms with Crippen molar-refractivity contribution in [3.63, 3.8) is 0 Å². The van der Waals surface area contributed by atoms with Gasteiger partial charge < -0.3 is 0 Å². The van der Waals surface area contributed by atoms with Gasteiger partial charge in [-0.05, 0) is 17.7 Å². The van der Waals surface area contributed by atoms with Crippen LogP contribution in [0.1, 0.15) is 11.6 Å². The molecule has 2 N–H and O–H groups in total. The van der Waals surface area contributed by atoms with Gasteiger partial charge in [-0.2, -0.15) is 0 Å². The second-order valence-corrected chi connectivity index (χ2v) is 3.14. The Balaban J connectivity index is 2.22. The van der Waals surface area contributed by atoms with E-state index in [1.165, 1.54) is 0 Å². The van der Waals surface area contributed by atoms with Crippen molar-refractivity contribution in [3.05, 3.63) is 40.2 Å². The summed E-state index contributed by atoms with van der Waals surface area (Å²) in [5, 5.41) is 10.7. The van der Waals surface area contributed by atoms with Gasteiger partial charge in [0.1, 0.15) is 6.04 Å². The predicted molar refractivity (Wildman–Crippen MR) is 48.9 cm³/mol. The van der Waals surface area contributed by atoms with Gasteiger partial charge in [0.05, 0.1) is 6.54 Å². The number of hydrogen-bond acceptors (Lipinski definition) is 5. The van der Waals surface area contributed by atoms with E-state index in [1.54, 1.807) is 24.5 Å². The molecule has 74 valence electrons. The molecule has 0 bridgehead atoms. The molecule has 1 aliphatic rings.